The second-order valence-corrected chi connectivity index (χ2v) is 6.89. The highest BCUT2D eigenvalue weighted by Crippen LogP contribution is 2.21. The molecule has 1 aromatic heterocycles. The smallest absolute Gasteiger partial charge is 0.338 e. The number of nitrogens with one attached hydrogen (secondary N) is 2. The van der Waals surface area contributed by atoms with Crippen molar-refractivity contribution >= 4 is 23.3 Å². The van der Waals surface area contributed by atoms with Crippen molar-refractivity contribution in [1.29, 1.82) is 0 Å². The summed E-state index contributed by atoms with van der Waals surface area (Å²) >= 11 is 0. The molecule has 6 heteroatoms. The first-order valence-electron chi connectivity index (χ1n) is 9.95. The van der Waals surface area contributed by atoms with E-state index in [0.717, 1.165) is 30.3 Å². The highest BCUT2D eigenvalue weighted by Gasteiger charge is 2.08. The number of hydrogen-bond acceptors (Lipinski definition) is 6. The molecule has 2 aromatic rings. The van der Waals surface area contributed by atoms with E-state index in [9.17, 15) is 4.79 Å². The van der Waals surface area contributed by atoms with Gasteiger partial charge in [-0.2, -0.15) is 0 Å². The van der Waals surface area contributed by atoms with Crippen LogP contribution in [0.5, 0.6) is 0 Å². The van der Waals surface area contributed by atoms with E-state index in [0.29, 0.717) is 18.0 Å². The molecule has 0 radical (unpaired) electrons. The largest absolute Gasteiger partial charge is 0.462 e. The monoisotopic (exact) mass is 380 g/mol. The lowest BCUT2D eigenvalue weighted by Gasteiger charge is -2.14. The molecule has 0 saturated heterocycles. The Labute approximate surface area is 166 Å². The molecule has 0 spiro atoms. The molecule has 0 atom stereocenters. The van der Waals surface area contributed by atoms with Gasteiger partial charge in [-0.25, -0.2) is 14.8 Å². The summed E-state index contributed by atoms with van der Waals surface area (Å²) in [5.74, 6) is 1.92. The third-order valence-corrected chi connectivity index (χ3v) is 4.64. The van der Waals surface area contributed by atoms with Crippen LogP contribution in [0.3, 0.4) is 0 Å². The molecular weight excluding hydrogens is 352 g/mol. The van der Waals surface area contributed by atoms with Crippen molar-refractivity contribution in [2.24, 2.45) is 0 Å². The number of aryl methyl sites for hydroxylation is 1. The average Bonchev–Trinajstić information content (AvgIpc) is 2.69. The molecule has 0 fully saturated rings. The molecule has 1 aliphatic rings. The van der Waals surface area contributed by atoms with Crippen LogP contribution in [-0.4, -0.2) is 29.1 Å². The lowest BCUT2D eigenvalue weighted by atomic mass is 9.97. The van der Waals surface area contributed by atoms with Crippen LogP contribution < -0.4 is 10.6 Å². The summed E-state index contributed by atoms with van der Waals surface area (Å²) in [6.45, 7) is 4.91. The Hall–Kier alpha value is -2.89. The number of rotatable bonds is 8. The van der Waals surface area contributed by atoms with Crippen LogP contribution in [0.2, 0.25) is 0 Å². The summed E-state index contributed by atoms with van der Waals surface area (Å²) in [6, 6.07) is 9.07. The lowest BCUT2D eigenvalue weighted by Crippen LogP contribution is -2.08. The number of aromatic nitrogens is 2. The van der Waals surface area contributed by atoms with Gasteiger partial charge in [0.15, 0.2) is 0 Å². The van der Waals surface area contributed by atoms with Crippen molar-refractivity contribution in [3.05, 3.63) is 53.4 Å². The van der Waals surface area contributed by atoms with Crippen molar-refractivity contribution in [1.82, 2.24) is 9.97 Å². The van der Waals surface area contributed by atoms with Crippen LogP contribution in [0.15, 0.2) is 42.0 Å². The number of esters is 1. The fourth-order valence-electron chi connectivity index (χ4n) is 3.26. The molecule has 28 heavy (non-hydrogen) atoms. The minimum atomic E-state index is -0.313. The summed E-state index contributed by atoms with van der Waals surface area (Å²) < 4.78 is 5.01. The van der Waals surface area contributed by atoms with Crippen LogP contribution in [0, 0.1) is 6.92 Å². The first kappa shape index (κ1) is 19.9. The SMILES string of the molecule is CCOC(=O)c1ccc(Nc2cc(NCCC3=CCCCC3)nc(C)n2)cc1. The summed E-state index contributed by atoms with van der Waals surface area (Å²) in [5, 5.41) is 6.67. The van der Waals surface area contributed by atoms with Crippen molar-refractivity contribution < 1.29 is 9.53 Å². The highest BCUT2D eigenvalue weighted by atomic mass is 16.5. The van der Waals surface area contributed by atoms with Crippen molar-refractivity contribution in [2.75, 3.05) is 23.8 Å². The van der Waals surface area contributed by atoms with E-state index in [-0.39, 0.29) is 5.97 Å². The van der Waals surface area contributed by atoms with Gasteiger partial charge in [0.25, 0.3) is 0 Å². The van der Waals surface area contributed by atoms with E-state index in [2.05, 4.69) is 26.7 Å². The molecule has 0 bridgehead atoms. The standard InChI is InChI=1S/C22H28N4O2/c1-3-28-22(27)18-9-11-19(12-10-18)26-21-15-20(24-16(2)25-21)23-14-13-17-7-5-4-6-8-17/h7,9-12,15H,3-6,8,13-14H2,1-2H3,(H2,23,24,25,26). The number of anilines is 3. The minimum absolute atomic E-state index is 0.313. The number of hydrogen-bond donors (Lipinski definition) is 2. The Morgan fingerprint density at radius 3 is 2.64 bits per heavy atom. The molecule has 0 aliphatic heterocycles. The van der Waals surface area contributed by atoms with Gasteiger partial charge in [-0.3, -0.25) is 0 Å². The van der Waals surface area contributed by atoms with E-state index >= 15 is 0 Å². The molecule has 0 amide bonds. The average molecular weight is 380 g/mol. The number of ether oxygens (including phenoxy) is 1. The zero-order valence-electron chi connectivity index (χ0n) is 16.6. The zero-order chi connectivity index (χ0) is 19.8. The molecule has 0 saturated carbocycles. The number of carbonyl (C=O) groups excluding carboxylic acids is 1. The van der Waals surface area contributed by atoms with Gasteiger partial charge < -0.3 is 15.4 Å². The van der Waals surface area contributed by atoms with Gasteiger partial charge in [-0.15, -0.1) is 0 Å². The van der Waals surface area contributed by atoms with Gasteiger partial charge >= 0.3 is 5.97 Å². The third kappa shape index (κ3) is 5.81. The van der Waals surface area contributed by atoms with Gasteiger partial charge in [-0.05, 0) is 70.2 Å². The van der Waals surface area contributed by atoms with E-state index < -0.39 is 0 Å². The second-order valence-electron chi connectivity index (χ2n) is 6.89. The maximum absolute atomic E-state index is 11.7. The molecule has 1 aliphatic carbocycles. The summed E-state index contributed by atoms with van der Waals surface area (Å²) in [4.78, 5) is 20.7. The quantitative estimate of drug-likeness (QED) is 0.495. The predicted molar refractivity (Wildman–Crippen MR) is 112 cm³/mol. The summed E-state index contributed by atoms with van der Waals surface area (Å²) in [6.07, 6.45) is 8.49. The maximum Gasteiger partial charge on any atom is 0.338 e. The van der Waals surface area contributed by atoms with Crippen LogP contribution >= 0.6 is 0 Å². The van der Waals surface area contributed by atoms with Crippen molar-refractivity contribution in [2.45, 2.75) is 46.0 Å². The fraction of sp³-hybridized carbons (Fsp3) is 0.409. The molecule has 2 N–H and O–H groups in total. The minimum Gasteiger partial charge on any atom is -0.462 e. The second kappa shape index (κ2) is 9.88. The van der Waals surface area contributed by atoms with Crippen LogP contribution in [0.1, 0.15) is 55.2 Å². The van der Waals surface area contributed by atoms with E-state index in [1.807, 2.05) is 25.1 Å². The number of nitrogens with zero attached hydrogens (tertiary/aromatic N) is 2. The van der Waals surface area contributed by atoms with Gasteiger partial charge in [-0.1, -0.05) is 11.6 Å². The first-order chi connectivity index (χ1) is 13.6. The summed E-state index contributed by atoms with van der Waals surface area (Å²) in [7, 11) is 0. The zero-order valence-corrected chi connectivity index (χ0v) is 16.6. The van der Waals surface area contributed by atoms with Gasteiger partial charge in [0, 0.05) is 18.3 Å². The number of benzene rings is 1. The fourth-order valence-corrected chi connectivity index (χ4v) is 3.26. The first-order valence-corrected chi connectivity index (χ1v) is 9.95. The Morgan fingerprint density at radius 1 is 1.14 bits per heavy atom. The molecule has 148 valence electrons. The molecule has 1 aromatic carbocycles. The van der Waals surface area contributed by atoms with Crippen molar-refractivity contribution in [3.8, 4) is 0 Å². The maximum atomic E-state index is 11.7. The third-order valence-electron chi connectivity index (χ3n) is 4.64. The molecule has 3 rings (SSSR count). The van der Waals surface area contributed by atoms with E-state index in [4.69, 9.17) is 4.74 Å². The van der Waals surface area contributed by atoms with Crippen LogP contribution in [0.4, 0.5) is 17.3 Å². The van der Waals surface area contributed by atoms with E-state index in [1.54, 1.807) is 24.6 Å². The summed E-state index contributed by atoms with van der Waals surface area (Å²) in [5.41, 5.74) is 2.93. The van der Waals surface area contributed by atoms with E-state index in [1.165, 1.54) is 25.7 Å². The van der Waals surface area contributed by atoms with Gasteiger partial charge in [0.1, 0.15) is 17.5 Å². The number of allylic oxidation sites excluding steroid dienone is 1. The Morgan fingerprint density at radius 2 is 1.93 bits per heavy atom. The molecule has 6 nitrogen and oxygen atoms in total. The topological polar surface area (TPSA) is 76.1 Å². The van der Waals surface area contributed by atoms with Crippen LogP contribution in [-0.2, 0) is 4.74 Å². The van der Waals surface area contributed by atoms with Crippen LogP contribution in [0.25, 0.3) is 0 Å². The van der Waals surface area contributed by atoms with Gasteiger partial charge in [0.2, 0.25) is 0 Å². The number of carbonyl (C=O) groups is 1. The normalized spacial score (nSPS) is 13.6. The highest BCUT2D eigenvalue weighted by molar-refractivity contribution is 5.89. The van der Waals surface area contributed by atoms with Crippen molar-refractivity contribution in [3.63, 3.8) is 0 Å². The molecular formula is C22H28N4O2. The predicted octanol–water partition coefficient (Wildman–Crippen LogP) is 5.01. The Bertz CT molecular complexity index is 831. The molecule has 0 unspecified atom stereocenters. The Balaban J connectivity index is 1.59. The lowest BCUT2D eigenvalue weighted by molar-refractivity contribution is 0.0526. The van der Waals surface area contributed by atoms with Gasteiger partial charge in [0.05, 0.1) is 12.2 Å². The Kier molecular flexibility index (Phi) is 7.00. The molecule has 1 heterocycles.